The first-order valence-corrected chi connectivity index (χ1v) is 4.30. The van der Waals surface area contributed by atoms with Gasteiger partial charge in [0.25, 0.3) is 0 Å². The number of nitrogens with one attached hydrogen (secondary N) is 1. The highest BCUT2D eigenvalue weighted by Gasteiger charge is 2.55. The number of hydrogen-bond donors (Lipinski definition) is 1. The molecule has 0 aromatic carbocycles. The summed E-state index contributed by atoms with van der Waals surface area (Å²) in [6.07, 6.45) is 5.18. The Morgan fingerprint density at radius 1 is 1.08 bits per heavy atom. The van der Waals surface area contributed by atoms with Gasteiger partial charge in [0.1, 0.15) is 0 Å². The first kappa shape index (κ1) is 6.40. The SMILES string of the molecule is O=C1NC(=O)[C@H]2[C@@H]1[C@@H]1C=C[C@H]2C1. The predicted molar refractivity (Wildman–Crippen MR) is 40.9 cm³/mol. The zero-order valence-corrected chi connectivity index (χ0v) is 6.49. The second-order valence-electron chi connectivity index (χ2n) is 3.85. The summed E-state index contributed by atoms with van der Waals surface area (Å²) in [6, 6.07) is 0. The van der Waals surface area contributed by atoms with Crippen molar-refractivity contribution in [3.05, 3.63) is 12.2 Å². The van der Waals surface area contributed by atoms with Crippen LogP contribution in [0.1, 0.15) is 6.42 Å². The van der Waals surface area contributed by atoms with Crippen LogP contribution >= 0.6 is 0 Å². The molecule has 3 aliphatic rings. The maximum Gasteiger partial charge on any atom is 0.231 e. The molecule has 3 heteroatoms. The maximum absolute atomic E-state index is 11.3. The van der Waals surface area contributed by atoms with Crippen molar-refractivity contribution in [1.82, 2.24) is 5.32 Å². The predicted octanol–water partition coefficient (Wildman–Crippen LogP) is 0.0811. The van der Waals surface area contributed by atoms with Crippen LogP contribution in [0.5, 0.6) is 0 Å². The molecule has 0 unspecified atom stereocenters. The fraction of sp³-hybridized carbons (Fsp3) is 0.556. The van der Waals surface area contributed by atoms with Crippen LogP contribution in [-0.4, -0.2) is 11.8 Å². The van der Waals surface area contributed by atoms with Crippen LogP contribution in [-0.2, 0) is 9.59 Å². The standard InChI is InChI=1S/C9H9NO2/c11-8-6-4-1-2-5(3-4)7(6)9(12)10-8/h1-2,4-7H,3H2,(H,10,11,12)/t4-,5+,6+,7-. The Hall–Kier alpha value is -1.12. The number of allylic oxidation sites excluding steroid dienone is 2. The van der Waals surface area contributed by atoms with Gasteiger partial charge in [0.15, 0.2) is 0 Å². The topological polar surface area (TPSA) is 46.2 Å². The van der Waals surface area contributed by atoms with E-state index in [0.717, 1.165) is 6.42 Å². The molecule has 2 aliphatic carbocycles. The van der Waals surface area contributed by atoms with Gasteiger partial charge in [-0.25, -0.2) is 0 Å². The lowest BCUT2D eigenvalue weighted by Gasteiger charge is -2.14. The molecular weight excluding hydrogens is 154 g/mol. The molecule has 0 aromatic heterocycles. The summed E-state index contributed by atoms with van der Waals surface area (Å²) in [4.78, 5) is 22.6. The fourth-order valence-electron chi connectivity index (χ4n) is 2.83. The molecule has 3 rings (SSSR count). The molecule has 4 atom stereocenters. The summed E-state index contributed by atoms with van der Waals surface area (Å²) in [5.74, 6) is 0.501. The number of carbonyl (C=O) groups is 2. The fourth-order valence-corrected chi connectivity index (χ4v) is 2.83. The van der Waals surface area contributed by atoms with Crippen molar-refractivity contribution in [1.29, 1.82) is 0 Å². The Kier molecular flexibility index (Phi) is 0.953. The van der Waals surface area contributed by atoms with Crippen molar-refractivity contribution >= 4 is 11.8 Å². The van der Waals surface area contributed by atoms with Gasteiger partial charge in [-0.1, -0.05) is 12.2 Å². The minimum absolute atomic E-state index is 0.0347. The summed E-state index contributed by atoms with van der Waals surface area (Å²) in [5, 5.41) is 2.40. The summed E-state index contributed by atoms with van der Waals surface area (Å²) < 4.78 is 0. The molecule has 1 saturated carbocycles. The van der Waals surface area contributed by atoms with Crippen LogP contribution in [0.15, 0.2) is 12.2 Å². The molecule has 1 saturated heterocycles. The highest BCUT2D eigenvalue weighted by molar-refractivity contribution is 6.06. The van der Waals surface area contributed by atoms with Crippen LogP contribution in [0.4, 0.5) is 0 Å². The van der Waals surface area contributed by atoms with Crippen molar-refractivity contribution in [2.24, 2.45) is 23.7 Å². The molecule has 1 N–H and O–H groups in total. The first-order chi connectivity index (χ1) is 5.77. The molecule has 0 aromatic rings. The molecule has 2 bridgehead atoms. The van der Waals surface area contributed by atoms with Gasteiger partial charge in [0.05, 0.1) is 11.8 Å². The molecule has 62 valence electrons. The van der Waals surface area contributed by atoms with E-state index < -0.39 is 0 Å². The summed E-state index contributed by atoms with van der Waals surface area (Å²) >= 11 is 0. The first-order valence-electron chi connectivity index (χ1n) is 4.30. The average molecular weight is 163 g/mol. The largest absolute Gasteiger partial charge is 0.296 e. The van der Waals surface area contributed by atoms with E-state index in [0.29, 0.717) is 11.8 Å². The van der Waals surface area contributed by atoms with Gasteiger partial charge in [-0.2, -0.15) is 0 Å². The second-order valence-corrected chi connectivity index (χ2v) is 3.85. The lowest BCUT2D eigenvalue weighted by Crippen LogP contribution is -2.25. The molecule has 3 nitrogen and oxygen atoms in total. The Labute approximate surface area is 69.8 Å². The van der Waals surface area contributed by atoms with Crippen molar-refractivity contribution < 1.29 is 9.59 Å². The number of hydrogen-bond acceptors (Lipinski definition) is 2. The quantitative estimate of drug-likeness (QED) is 0.406. The van der Waals surface area contributed by atoms with E-state index in [9.17, 15) is 9.59 Å². The van der Waals surface area contributed by atoms with E-state index in [1.165, 1.54) is 0 Å². The van der Waals surface area contributed by atoms with E-state index >= 15 is 0 Å². The van der Waals surface area contributed by atoms with Gasteiger partial charge < -0.3 is 0 Å². The van der Waals surface area contributed by atoms with Gasteiger partial charge in [0.2, 0.25) is 11.8 Å². The van der Waals surface area contributed by atoms with E-state index in [2.05, 4.69) is 17.5 Å². The molecule has 12 heavy (non-hydrogen) atoms. The average Bonchev–Trinajstić information content (AvgIpc) is 2.64. The normalized spacial score (nSPS) is 48.3. The Morgan fingerprint density at radius 3 is 2.08 bits per heavy atom. The molecule has 1 heterocycles. The number of amides is 2. The van der Waals surface area contributed by atoms with E-state index in [1.807, 2.05) is 0 Å². The van der Waals surface area contributed by atoms with Crippen LogP contribution in [0.3, 0.4) is 0 Å². The zero-order chi connectivity index (χ0) is 8.29. The summed E-state index contributed by atoms with van der Waals surface area (Å²) in [6.45, 7) is 0. The third-order valence-corrected chi connectivity index (χ3v) is 3.31. The van der Waals surface area contributed by atoms with Gasteiger partial charge in [-0.15, -0.1) is 0 Å². The number of carbonyl (C=O) groups excluding carboxylic acids is 2. The van der Waals surface area contributed by atoms with Gasteiger partial charge >= 0.3 is 0 Å². The van der Waals surface area contributed by atoms with Crippen molar-refractivity contribution in [2.75, 3.05) is 0 Å². The van der Waals surface area contributed by atoms with Gasteiger partial charge in [0, 0.05) is 0 Å². The molecule has 1 aliphatic heterocycles. The van der Waals surface area contributed by atoms with E-state index in [1.54, 1.807) is 0 Å². The van der Waals surface area contributed by atoms with Crippen molar-refractivity contribution in [3.63, 3.8) is 0 Å². The number of imide groups is 1. The zero-order valence-electron chi connectivity index (χ0n) is 6.49. The van der Waals surface area contributed by atoms with E-state index in [-0.39, 0.29) is 23.7 Å². The van der Waals surface area contributed by atoms with Gasteiger partial charge in [-0.3, -0.25) is 14.9 Å². The Morgan fingerprint density at radius 2 is 1.58 bits per heavy atom. The third-order valence-electron chi connectivity index (χ3n) is 3.31. The molecule has 0 spiro atoms. The lowest BCUT2D eigenvalue weighted by molar-refractivity contribution is -0.126. The van der Waals surface area contributed by atoms with Crippen LogP contribution < -0.4 is 5.32 Å². The molecule has 2 amide bonds. The minimum atomic E-state index is -0.0538. The lowest BCUT2D eigenvalue weighted by atomic mass is 9.85. The van der Waals surface area contributed by atoms with Crippen LogP contribution in [0.2, 0.25) is 0 Å². The molecule has 0 radical (unpaired) electrons. The second kappa shape index (κ2) is 1.79. The van der Waals surface area contributed by atoms with Gasteiger partial charge in [-0.05, 0) is 18.3 Å². The highest BCUT2D eigenvalue weighted by Crippen LogP contribution is 2.50. The van der Waals surface area contributed by atoms with Crippen LogP contribution in [0.25, 0.3) is 0 Å². The molecular formula is C9H9NO2. The monoisotopic (exact) mass is 163 g/mol. The number of fused-ring (bicyclic) bond motifs is 5. The Bertz CT molecular complexity index is 280. The van der Waals surface area contributed by atoms with Crippen molar-refractivity contribution in [3.8, 4) is 0 Å². The number of rotatable bonds is 0. The summed E-state index contributed by atoms with van der Waals surface area (Å²) in [5.41, 5.74) is 0. The van der Waals surface area contributed by atoms with E-state index in [4.69, 9.17) is 0 Å². The third kappa shape index (κ3) is 0.543. The maximum atomic E-state index is 11.3. The van der Waals surface area contributed by atoms with Crippen LogP contribution in [0, 0.1) is 23.7 Å². The molecule has 2 fully saturated rings. The summed E-state index contributed by atoms with van der Waals surface area (Å²) in [7, 11) is 0. The minimum Gasteiger partial charge on any atom is -0.296 e. The smallest absolute Gasteiger partial charge is 0.231 e. The van der Waals surface area contributed by atoms with Crippen molar-refractivity contribution in [2.45, 2.75) is 6.42 Å². The Balaban J connectivity index is 2.08. The highest BCUT2D eigenvalue weighted by atomic mass is 16.2.